The van der Waals surface area contributed by atoms with Gasteiger partial charge in [0.15, 0.2) is 0 Å². The van der Waals surface area contributed by atoms with Crippen molar-refractivity contribution in [2.45, 2.75) is 38.5 Å². The molecule has 1 rings (SSSR count). The molecule has 0 radical (unpaired) electrons. The van der Waals surface area contributed by atoms with Gasteiger partial charge in [-0.15, -0.1) is 0 Å². The normalized spacial score (nSPS) is 11.4. The summed E-state index contributed by atoms with van der Waals surface area (Å²) in [6, 6.07) is 8.12. The summed E-state index contributed by atoms with van der Waals surface area (Å²) in [5.41, 5.74) is 1.80. The average Bonchev–Trinajstić information content (AvgIpc) is 2.43. The number of hydrogen-bond donors (Lipinski definition) is 0. The summed E-state index contributed by atoms with van der Waals surface area (Å²) in [6.07, 6.45) is 3.16. The maximum Gasteiger partial charge on any atom is 0.234 e. The van der Waals surface area contributed by atoms with Gasteiger partial charge in [-0.3, -0.25) is 0 Å². The molecule has 1 aromatic carbocycles. The Labute approximate surface area is 119 Å². The summed E-state index contributed by atoms with van der Waals surface area (Å²) in [5.74, 6) is 0. The van der Waals surface area contributed by atoms with Crippen molar-refractivity contribution < 1.29 is 9.59 Å². The van der Waals surface area contributed by atoms with Gasteiger partial charge in [0, 0.05) is 10.8 Å². The van der Waals surface area contributed by atoms with Gasteiger partial charge in [0.2, 0.25) is 12.2 Å². The van der Waals surface area contributed by atoms with E-state index >= 15 is 0 Å². The third-order valence-corrected chi connectivity index (χ3v) is 3.53. The highest BCUT2D eigenvalue weighted by Crippen LogP contribution is 2.28. The quantitative estimate of drug-likeness (QED) is 0.590. The Kier molecular flexibility index (Phi) is 5.15. The predicted molar refractivity (Wildman–Crippen MR) is 78.5 cm³/mol. The molecule has 0 aliphatic carbocycles. The van der Waals surface area contributed by atoms with Crippen molar-refractivity contribution >= 4 is 12.2 Å². The van der Waals surface area contributed by atoms with E-state index in [1.165, 1.54) is 0 Å². The number of hydrogen-bond acceptors (Lipinski definition) is 4. The molecule has 1 aromatic rings. The summed E-state index contributed by atoms with van der Waals surface area (Å²) in [4.78, 5) is 27.8. The number of carbonyl (C=O) groups excluding carboxylic acids is 2. The topological polar surface area (TPSA) is 58.9 Å². The molecular weight excluding hydrogens is 252 g/mol. The summed E-state index contributed by atoms with van der Waals surface area (Å²) in [5, 5.41) is 0. The van der Waals surface area contributed by atoms with Crippen molar-refractivity contribution in [3.8, 4) is 0 Å². The molecule has 0 saturated heterocycles. The summed E-state index contributed by atoms with van der Waals surface area (Å²) >= 11 is 0. The Morgan fingerprint density at radius 3 is 1.35 bits per heavy atom. The van der Waals surface area contributed by atoms with Crippen LogP contribution in [0, 0.1) is 0 Å². The SMILES string of the molecule is CC(C)(CN=C=O)c1ccc(C(C)(C)CN=C=O)cc1. The van der Waals surface area contributed by atoms with Gasteiger partial charge in [0.25, 0.3) is 0 Å². The van der Waals surface area contributed by atoms with E-state index in [1.54, 1.807) is 12.2 Å². The van der Waals surface area contributed by atoms with Crippen LogP contribution in [0.3, 0.4) is 0 Å². The summed E-state index contributed by atoms with van der Waals surface area (Å²) in [6.45, 7) is 8.95. The fraction of sp³-hybridized carbons (Fsp3) is 0.500. The second-order valence-electron chi connectivity index (χ2n) is 6.16. The molecule has 0 N–H and O–H groups in total. The minimum absolute atomic E-state index is 0.207. The van der Waals surface area contributed by atoms with Crippen LogP contribution in [0.5, 0.6) is 0 Å². The Hall–Kier alpha value is -2.02. The third kappa shape index (κ3) is 3.99. The maximum atomic E-state index is 10.2. The van der Waals surface area contributed by atoms with Gasteiger partial charge in [-0.2, -0.15) is 0 Å². The maximum absolute atomic E-state index is 10.2. The molecule has 0 heterocycles. The predicted octanol–water partition coefficient (Wildman–Crippen LogP) is 2.91. The molecule has 0 aliphatic heterocycles. The third-order valence-electron chi connectivity index (χ3n) is 3.53. The molecule has 4 nitrogen and oxygen atoms in total. The van der Waals surface area contributed by atoms with Gasteiger partial charge in [-0.25, -0.2) is 19.6 Å². The van der Waals surface area contributed by atoms with Crippen LogP contribution in [0.4, 0.5) is 0 Å². The first-order chi connectivity index (χ1) is 9.33. The highest BCUT2D eigenvalue weighted by molar-refractivity contribution is 5.37. The molecule has 0 aromatic heterocycles. The van der Waals surface area contributed by atoms with Gasteiger partial charge in [0.1, 0.15) is 0 Å². The molecule has 0 aliphatic rings. The van der Waals surface area contributed by atoms with Crippen LogP contribution in [0.1, 0.15) is 38.8 Å². The Morgan fingerprint density at radius 2 is 1.10 bits per heavy atom. The molecular formula is C16H20N2O2. The smallest absolute Gasteiger partial charge is 0.211 e. The first kappa shape index (κ1) is 16.0. The molecule has 20 heavy (non-hydrogen) atoms. The Bertz CT molecular complexity index is 495. The lowest BCUT2D eigenvalue weighted by atomic mass is 9.80. The lowest BCUT2D eigenvalue weighted by molar-refractivity contribution is 0.518. The van der Waals surface area contributed by atoms with Crippen molar-refractivity contribution in [3.63, 3.8) is 0 Å². The van der Waals surface area contributed by atoms with E-state index < -0.39 is 0 Å². The molecule has 0 spiro atoms. The molecule has 0 fully saturated rings. The molecule has 0 amide bonds. The van der Waals surface area contributed by atoms with E-state index in [0.29, 0.717) is 13.1 Å². The highest BCUT2D eigenvalue weighted by atomic mass is 16.1. The number of benzene rings is 1. The fourth-order valence-electron chi connectivity index (χ4n) is 2.02. The van der Waals surface area contributed by atoms with Crippen LogP contribution in [0.15, 0.2) is 34.3 Å². The van der Waals surface area contributed by atoms with Gasteiger partial charge < -0.3 is 0 Å². The zero-order chi connectivity index (χ0) is 15.2. The van der Waals surface area contributed by atoms with Crippen LogP contribution in [-0.4, -0.2) is 25.2 Å². The van der Waals surface area contributed by atoms with Crippen LogP contribution in [0.25, 0.3) is 0 Å². The van der Waals surface area contributed by atoms with Crippen LogP contribution >= 0.6 is 0 Å². The number of isocyanates is 2. The zero-order valence-corrected chi connectivity index (χ0v) is 12.4. The average molecular weight is 272 g/mol. The molecule has 0 saturated carbocycles. The van der Waals surface area contributed by atoms with E-state index in [4.69, 9.17) is 0 Å². The van der Waals surface area contributed by atoms with Gasteiger partial charge >= 0.3 is 0 Å². The second-order valence-corrected chi connectivity index (χ2v) is 6.16. The standard InChI is InChI=1S/C16H20N2O2/c1-15(2,9-17-11-19)13-5-7-14(8-6-13)16(3,4)10-18-12-20/h5-8H,9-10H2,1-4H3. The Balaban J connectivity index is 2.98. The van der Waals surface area contributed by atoms with E-state index in [2.05, 4.69) is 9.98 Å². The lowest BCUT2D eigenvalue weighted by Gasteiger charge is -2.26. The van der Waals surface area contributed by atoms with Crippen molar-refractivity contribution in [1.82, 2.24) is 0 Å². The van der Waals surface area contributed by atoms with Crippen LogP contribution < -0.4 is 0 Å². The van der Waals surface area contributed by atoms with Gasteiger partial charge in [-0.05, 0) is 11.1 Å². The zero-order valence-electron chi connectivity index (χ0n) is 12.4. The highest BCUT2D eigenvalue weighted by Gasteiger charge is 2.23. The minimum atomic E-state index is -0.207. The molecule has 106 valence electrons. The first-order valence-electron chi connectivity index (χ1n) is 6.52. The summed E-state index contributed by atoms with van der Waals surface area (Å²) < 4.78 is 0. The summed E-state index contributed by atoms with van der Waals surface area (Å²) in [7, 11) is 0. The van der Waals surface area contributed by atoms with E-state index in [0.717, 1.165) is 11.1 Å². The van der Waals surface area contributed by atoms with Crippen molar-refractivity contribution in [3.05, 3.63) is 35.4 Å². The monoisotopic (exact) mass is 272 g/mol. The van der Waals surface area contributed by atoms with Crippen LogP contribution in [-0.2, 0) is 20.4 Å². The second kappa shape index (κ2) is 6.42. The number of nitrogens with zero attached hydrogens (tertiary/aromatic N) is 2. The number of rotatable bonds is 6. The van der Waals surface area contributed by atoms with Crippen LogP contribution in [0.2, 0.25) is 0 Å². The van der Waals surface area contributed by atoms with E-state index in [9.17, 15) is 9.59 Å². The van der Waals surface area contributed by atoms with Gasteiger partial charge in [-0.1, -0.05) is 52.0 Å². The fourth-order valence-corrected chi connectivity index (χ4v) is 2.02. The van der Waals surface area contributed by atoms with Crippen molar-refractivity contribution in [2.75, 3.05) is 13.1 Å². The van der Waals surface area contributed by atoms with E-state index in [-0.39, 0.29) is 10.8 Å². The molecule has 4 heteroatoms. The minimum Gasteiger partial charge on any atom is -0.211 e. The number of aliphatic imine (C=N–C) groups is 2. The van der Waals surface area contributed by atoms with E-state index in [1.807, 2.05) is 52.0 Å². The van der Waals surface area contributed by atoms with Crippen molar-refractivity contribution in [1.29, 1.82) is 0 Å². The first-order valence-corrected chi connectivity index (χ1v) is 6.52. The molecule has 0 bridgehead atoms. The molecule has 0 atom stereocenters. The lowest BCUT2D eigenvalue weighted by Crippen LogP contribution is -2.23. The van der Waals surface area contributed by atoms with Gasteiger partial charge in [0.05, 0.1) is 13.1 Å². The van der Waals surface area contributed by atoms with Crippen molar-refractivity contribution in [2.24, 2.45) is 9.98 Å². The molecule has 0 unspecified atom stereocenters. The largest absolute Gasteiger partial charge is 0.234 e. The Morgan fingerprint density at radius 1 is 0.800 bits per heavy atom.